The predicted molar refractivity (Wildman–Crippen MR) is 81.0 cm³/mol. The summed E-state index contributed by atoms with van der Waals surface area (Å²) in [6, 6.07) is 5.03. The molecule has 1 unspecified atom stereocenters. The monoisotopic (exact) mass is 328 g/mol. The van der Waals surface area contributed by atoms with E-state index in [1.54, 1.807) is 25.1 Å². The van der Waals surface area contributed by atoms with Gasteiger partial charge >= 0.3 is 0 Å². The SMILES string of the molecule is CC(C)CC(C)(O)CNC(=O)c1cc(N)cc(Br)c1. The van der Waals surface area contributed by atoms with Gasteiger partial charge in [-0.2, -0.15) is 0 Å². The Morgan fingerprint density at radius 3 is 2.63 bits per heavy atom. The molecule has 1 amide bonds. The molecule has 4 N–H and O–H groups in total. The normalized spacial score (nSPS) is 14.2. The molecular weight excluding hydrogens is 308 g/mol. The summed E-state index contributed by atoms with van der Waals surface area (Å²) in [5.74, 6) is 0.130. The van der Waals surface area contributed by atoms with Gasteiger partial charge in [-0.25, -0.2) is 0 Å². The van der Waals surface area contributed by atoms with Crippen LogP contribution in [0.15, 0.2) is 22.7 Å². The average Bonchev–Trinajstić information content (AvgIpc) is 2.22. The van der Waals surface area contributed by atoms with E-state index in [2.05, 4.69) is 21.2 Å². The fourth-order valence-corrected chi connectivity index (χ4v) is 2.58. The van der Waals surface area contributed by atoms with Gasteiger partial charge in [0.05, 0.1) is 5.60 Å². The summed E-state index contributed by atoms with van der Waals surface area (Å²) in [5.41, 5.74) is 5.78. The van der Waals surface area contributed by atoms with Gasteiger partial charge in [-0.1, -0.05) is 29.8 Å². The van der Waals surface area contributed by atoms with Gasteiger partial charge in [0.2, 0.25) is 0 Å². The van der Waals surface area contributed by atoms with E-state index in [0.717, 1.165) is 4.47 Å². The summed E-state index contributed by atoms with van der Waals surface area (Å²) in [6.07, 6.45) is 0.633. The van der Waals surface area contributed by atoms with Crippen LogP contribution in [0, 0.1) is 5.92 Å². The maximum Gasteiger partial charge on any atom is 0.251 e. The van der Waals surface area contributed by atoms with Gasteiger partial charge in [0, 0.05) is 22.3 Å². The van der Waals surface area contributed by atoms with Crippen LogP contribution in [0.1, 0.15) is 37.6 Å². The molecule has 1 atom stereocenters. The molecule has 0 saturated carbocycles. The Bertz CT molecular complexity index is 439. The van der Waals surface area contributed by atoms with Crippen molar-refractivity contribution >= 4 is 27.5 Å². The predicted octanol–water partition coefficient (Wildman–Crippen LogP) is 2.56. The zero-order valence-electron chi connectivity index (χ0n) is 11.5. The van der Waals surface area contributed by atoms with Crippen molar-refractivity contribution in [3.63, 3.8) is 0 Å². The molecule has 0 heterocycles. The lowest BCUT2D eigenvalue weighted by atomic mass is 9.94. The molecule has 5 heteroatoms. The van der Waals surface area contributed by atoms with Crippen molar-refractivity contribution in [3.8, 4) is 0 Å². The largest absolute Gasteiger partial charge is 0.399 e. The molecule has 1 rings (SSSR count). The first-order chi connectivity index (χ1) is 8.69. The molecule has 0 aliphatic rings. The van der Waals surface area contributed by atoms with Crippen molar-refractivity contribution in [3.05, 3.63) is 28.2 Å². The third-order valence-corrected chi connectivity index (χ3v) is 3.12. The maximum atomic E-state index is 12.0. The fraction of sp³-hybridized carbons (Fsp3) is 0.500. The lowest BCUT2D eigenvalue weighted by Crippen LogP contribution is -2.41. The van der Waals surface area contributed by atoms with Crippen LogP contribution in [0.5, 0.6) is 0 Å². The van der Waals surface area contributed by atoms with Gasteiger partial charge in [0.25, 0.3) is 5.91 Å². The Morgan fingerprint density at radius 2 is 2.11 bits per heavy atom. The Hall–Kier alpha value is -1.07. The van der Waals surface area contributed by atoms with Gasteiger partial charge in [0.1, 0.15) is 0 Å². The minimum atomic E-state index is -0.901. The van der Waals surface area contributed by atoms with E-state index >= 15 is 0 Å². The smallest absolute Gasteiger partial charge is 0.251 e. The molecule has 106 valence electrons. The van der Waals surface area contributed by atoms with E-state index in [9.17, 15) is 9.90 Å². The van der Waals surface area contributed by atoms with Crippen molar-refractivity contribution in [2.45, 2.75) is 32.8 Å². The zero-order chi connectivity index (χ0) is 14.6. The highest BCUT2D eigenvalue weighted by Gasteiger charge is 2.22. The second-order valence-electron chi connectivity index (χ2n) is 5.55. The Balaban J connectivity index is 2.65. The molecule has 0 saturated heterocycles. The molecule has 0 aliphatic carbocycles. The highest BCUT2D eigenvalue weighted by atomic mass is 79.9. The lowest BCUT2D eigenvalue weighted by Gasteiger charge is -2.25. The summed E-state index contributed by atoms with van der Waals surface area (Å²) in [6.45, 7) is 6.01. The third kappa shape index (κ3) is 5.61. The van der Waals surface area contributed by atoms with E-state index < -0.39 is 5.60 Å². The molecule has 0 aromatic heterocycles. The van der Waals surface area contributed by atoms with E-state index in [0.29, 0.717) is 23.6 Å². The molecule has 1 aromatic carbocycles. The molecule has 0 fully saturated rings. The molecule has 0 bridgehead atoms. The quantitative estimate of drug-likeness (QED) is 0.727. The summed E-state index contributed by atoms with van der Waals surface area (Å²) in [5, 5.41) is 12.9. The van der Waals surface area contributed by atoms with Crippen LogP contribution in [-0.2, 0) is 0 Å². The summed E-state index contributed by atoms with van der Waals surface area (Å²) >= 11 is 3.30. The van der Waals surface area contributed by atoms with Gasteiger partial charge in [-0.3, -0.25) is 4.79 Å². The number of nitrogens with one attached hydrogen (secondary N) is 1. The first kappa shape index (κ1) is 16.0. The van der Waals surface area contributed by atoms with Gasteiger partial charge in [-0.15, -0.1) is 0 Å². The number of rotatable bonds is 5. The standard InChI is InChI=1S/C14H21BrN2O2/c1-9(2)7-14(3,19)8-17-13(18)10-4-11(15)6-12(16)5-10/h4-6,9,19H,7-8,16H2,1-3H3,(H,17,18). The molecule has 0 spiro atoms. The number of benzene rings is 1. The number of amides is 1. The van der Waals surface area contributed by atoms with E-state index in [4.69, 9.17) is 5.73 Å². The van der Waals surface area contributed by atoms with Crippen LogP contribution in [0.3, 0.4) is 0 Å². The van der Waals surface area contributed by atoms with Crippen molar-refractivity contribution in [2.24, 2.45) is 5.92 Å². The number of halogens is 1. The summed E-state index contributed by atoms with van der Waals surface area (Å²) in [4.78, 5) is 12.0. The second kappa shape index (κ2) is 6.39. The number of nitrogens with two attached hydrogens (primary N) is 1. The van der Waals surface area contributed by atoms with Crippen LogP contribution in [0.25, 0.3) is 0 Å². The molecular formula is C14H21BrN2O2. The molecule has 0 radical (unpaired) electrons. The van der Waals surface area contributed by atoms with Crippen LogP contribution in [0.4, 0.5) is 5.69 Å². The number of nitrogen functional groups attached to an aromatic ring is 1. The topological polar surface area (TPSA) is 75.3 Å². The second-order valence-corrected chi connectivity index (χ2v) is 6.47. The number of hydrogen-bond donors (Lipinski definition) is 3. The molecule has 0 aliphatic heterocycles. The van der Waals surface area contributed by atoms with Crippen LogP contribution >= 0.6 is 15.9 Å². The molecule has 4 nitrogen and oxygen atoms in total. The van der Waals surface area contributed by atoms with E-state index in [-0.39, 0.29) is 12.5 Å². The lowest BCUT2D eigenvalue weighted by molar-refractivity contribution is 0.0368. The minimum Gasteiger partial charge on any atom is -0.399 e. The van der Waals surface area contributed by atoms with Gasteiger partial charge in [0.15, 0.2) is 0 Å². The zero-order valence-corrected chi connectivity index (χ0v) is 13.1. The average molecular weight is 329 g/mol. The summed E-state index contributed by atoms with van der Waals surface area (Å²) < 4.78 is 0.756. The highest BCUT2D eigenvalue weighted by molar-refractivity contribution is 9.10. The Labute approximate surface area is 122 Å². The number of anilines is 1. The third-order valence-electron chi connectivity index (χ3n) is 2.66. The molecule has 1 aromatic rings. The van der Waals surface area contributed by atoms with Crippen molar-refractivity contribution in [1.29, 1.82) is 0 Å². The molecule has 19 heavy (non-hydrogen) atoms. The van der Waals surface area contributed by atoms with Crippen LogP contribution < -0.4 is 11.1 Å². The van der Waals surface area contributed by atoms with Gasteiger partial charge < -0.3 is 16.2 Å². The van der Waals surface area contributed by atoms with Crippen molar-refractivity contribution < 1.29 is 9.90 Å². The first-order valence-corrected chi connectivity index (χ1v) is 7.05. The minimum absolute atomic E-state index is 0.219. The van der Waals surface area contributed by atoms with Crippen LogP contribution in [-0.4, -0.2) is 23.2 Å². The number of hydrogen-bond acceptors (Lipinski definition) is 3. The number of aliphatic hydroxyl groups is 1. The van der Waals surface area contributed by atoms with E-state index in [1.807, 2.05) is 13.8 Å². The summed E-state index contributed by atoms with van der Waals surface area (Å²) in [7, 11) is 0. The Morgan fingerprint density at radius 1 is 1.47 bits per heavy atom. The first-order valence-electron chi connectivity index (χ1n) is 6.26. The highest BCUT2D eigenvalue weighted by Crippen LogP contribution is 2.18. The van der Waals surface area contributed by atoms with Crippen molar-refractivity contribution in [1.82, 2.24) is 5.32 Å². The maximum absolute atomic E-state index is 12.0. The van der Waals surface area contributed by atoms with E-state index in [1.165, 1.54) is 0 Å². The number of carbonyl (C=O) groups excluding carboxylic acids is 1. The van der Waals surface area contributed by atoms with Crippen LogP contribution in [0.2, 0.25) is 0 Å². The van der Waals surface area contributed by atoms with Gasteiger partial charge in [-0.05, 0) is 37.5 Å². The fourth-order valence-electron chi connectivity index (χ4n) is 2.07. The Kier molecular flexibility index (Phi) is 5.38. The van der Waals surface area contributed by atoms with Crippen molar-refractivity contribution in [2.75, 3.05) is 12.3 Å². The number of carbonyl (C=O) groups is 1.